The van der Waals surface area contributed by atoms with E-state index in [4.69, 9.17) is 4.74 Å². The van der Waals surface area contributed by atoms with Crippen LogP contribution < -0.4 is 15.5 Å². The molecule has 31 heavy (non-hydrogen) atoms. The van der Waals surface area contributed by atoms with Gasteiger partial charge in [-0.2, -0.15) is 5.10 Å². The van der Waals surface area contributed by atoms with Crippen LogP contribution in [0.3, 0.4) is 0 Å². The van der Waals surface area contributed by atoms with Crippen LogP contribution >= 0.6 is 15.9 Å². The fraction of sp³-hybridized carbons (Fsp3) is 0.125. The summed E-state index contributed by atoms with van der Waals surface area (Å²) in [6, 6.07) is 20.0. The average molecular weight is 480 g/mol. The Morgan fingerprint density at radius 2 is 1.77 bits per heavy atom. The first-order valence-corrected chi connectivity index (χ1v) is 10.4. The molecule has 0 bridgehead atoms. The number of benzene rings is 3. The Labute approximate surface area is 189 Å². The summed E-state index contributed by atoms with van der Waals surface area (Å²) in [5.74, 6) is -0.0979. The Kier molecular flexibility index (Phi) is 7.56. The molecule has 3 aromatic carbocycles. The minimum absolute atomic E-state index is 0.149. The van der Waals surface area contributed by atoms with Crippen molar-refractivity contribution < 1.29 is 14.3 Å². The van der Waals surface area contributed by atoms with Crippen molar-refractivity contribution in [2.24, 2.45) is 5.10 Å². The van der Waals surface area contributed by atoms with Gasteiger partial charge in [0.1, 0.15) is 5.75 Å². The molecule has 0 radical (unpaired) electrons. The number of rotatable bonds is 7. The van der Waals surface area contributed by atoms with E-state index in [0.29, 0.717) is 16.9 Å². The second-order valence-electron chi connectivity index (χ2n) is 6.90. The summed E-state index contributed by atoms with van der Waals surface area (Å²) in [5, 5.41) is 6.86. The van der Waals surface area contributed by atoms with Crippen LogP contribution in [0.5, 0.6) is 5.75 Å². The van der Waals surface area contributed by atoms with E-state index in [-0.39, 0.29) is 18.4 Å². The standard InChI is InChI=1S/C24H22BrN3O3/c1-16-7-8-17(2)21(13-16)27-23(29)15-31-22-6-4-3-5-19(22)14-26-28-24(30)18-9-11-20(25)12-10-18/h3-14H,15H2,1-2H3,(H,27,29)(H,28,30)/b26-14+. The van der Waals surface area contributed by atoms with E-state index in [1.165, 1.54) is 6.21 Å². The van der Waals surface area contributed by atoms with E-state index in [1.807, 2.05) is 38.1 Å². The zero-order chi connectivity index (χ0) is 22.2. The van der Waals surface area contributed by atoms with Crippen LogP contribution in [0.1, 0.15) is 27.0 Å². The average Bonchev–Trinajstić information content (AvgIpc) is 2.76. The molecule has 158 valence electrons. The van der Waals surface area contributed by atoms with Crippen molar-refractivity contribution in [3.05, 3.63) is 93.5 Å². The monoisotopic (exact) mass is 479 g/mol. The fourth-order valence-electron chi connectivity index (χ4n) is 2.74. The van der Waals surface area contributed by atoms with Gasteiger partial charge < -0.3 is 10.1 Å². The van der Waals surface area contributed by atoms with Gasteiger partial charge in [-0.25, -0.2) is 5.43 Å². The maximum absolute atomic E-state index is 12.3. The molecule has 0 fully saturated rings. The summed E-state index contributed by atoms with van der Waals surface area (Å²) in [5.41, 5.74) is 6.42. The molecule has 7 heteroatoms. The summed E-state index contributed by atoms with van der Waals surface area (Å²) in [7, 11) is 0. The number of aryl methyl sites for hydroxylation is 2. The number of hydrogen-bond acceptors (Lipinski definition) is 4. The Morgan fingerprint density at radius 3 is 2.55 bits per heavy atom. The number of carbonyl (C=O) groups is 2. The number of amides is 2. The second kappa shape index (κ2) is 10.5. The number of hydrogen-bond donors (Lipinski definition) is 2. The lowest BCUT2D eigenvalue weighted by atomic mass is 10.1. The van der Waals surface area contributed by atoms with E-state index in [1.54, 1.807) is 42.5 Å². The summed E-state index contributed by atoms with van der Waals surface area (Å²) >= 11 is 3.33. The Balaban J connectivity index is 1.59. The third-order valence-electron chi connectivity index (χ3n) is 4.42. The summed E-state index contributed by atoms with van der Waals surface area (Å²) in [6.07, 6.45) is 1.48. The largest absolute Gasteiger partial charge is 0.483 e. The number of anilines is 1. The SMILES string of the molecule is Cc1ccc(C)c(NC(=O)COc2ccccc2/C=N/NC(=O)c2ccc(Br)cc2)c1. The first kappa shape index (κ1) is 22.2. The van der Waals surface area contributed by atoms with Gasteiger partial charge in [-0.1, -0.05) is 40.2 Å². The topological polar surface area (TPSA) is 79.8 Å². The van der Waals surface area contributed by atoms with Crippen molar-refractivity contribution in [3.8, 4) is 5.75 Å². The molecule has 0 saturated carbocycles. The number of carbonyl (C=O) groups excluding carboxylic acids is 2. The lowest BCUT2D eigenvalue weighted by Crippen LogP contribution is -2.21. The van der Waals surface area contributed by atoms with E-state index >= 15 is 0 Å². The lowest BCUT2D eigenvalue weighted by molar-refractivity contribution is -0.118. The molecule has 0 unspecified atom stereocenters. The van der Waals surface area contributed by atoms with Crippen LogP contribution in [-0.4, -0.2) is 24.6 Å². The molecule has 0 atom stereocenters. The zero-order valence-electron chi connectivity index (χ0n) is 17.2. The second-order valence-corrected chi connectivity index (χ2v) is 7.81. The Bertz CT molecular complexity index is 1110. The van der Waals surface area contributed by atoms with E-state index < -0.39 is 0 Å². The smallest absolute Gasteiger partial charge is 0.271 e. The van der Waals surface area contributed by atoms with Crippen molar-refractivity contribution in [1.82, 2.24) is 5.43 Å². The van der Waals surface area contributed by atoms with Crippen LogP contribution in [0.15, 0.2) is 76.3 Å². The van der Waals surface area contributed by atoms with Crippen molar-refractivity contribution >= 4 is 39.6 Å². The highest BCUT2D eigenvalue weighted by molar-refractivity contribution is 9.10. The Hall–Kier alpha value is -3.45. The summed E-state index contributed by atoms with van der Waals surface area (Å²) in [4.78, 5) is 24.5. The molecule has 3 aromatic rings. The molecule has 0 aliphatic carbocycles. The number of nitrogens with one attached hydrogen (secondary N) is 2. The molecule has 0 aromatic heterocycles. The van der Waals surface area contributed by atoms with Crippen LogP contribution in [0, 0.1) is 13.8 Å². The van der Waals surface area contributed by atoms with Crippen molar-refractivity contribution in [2.75, 3.05) is 11.9 Å². The highest BCUT2D eigenvalue weighted by Crippen LogP contribution is 2.18. The first-order valence-electron chi connectivity index (χ1n) is 9.60. The molecular weight excluding hydrogens is 458 g/mol. The zero-order valence-corrected chi connectivity index (χ0v) is 18.8. The predicted octanol–water partition coefficient (Wildman–Crippen LogP) is 4.85. The van der Waals surface area contributed by atoms with Gasteiger partial charge in [-0.05, 0) is 67.4 Å². The number of nitrogens with zero attached hydrogens (tertiary/aromatic N) is 1. The van der Waals surface area contributed by atoms with Gasteiger partial charge in [0.05, 0.1) is 6.21 Å². The van der Waals surface area contributed by atoms with E-state index in [2.05, 4.69) is 31.8 Å². The number of hydrazone groups is 1. The minimum atomic E-state index is -0.324. The maximum atomic E-state index is 12.3. The molecule has 2 amide bonds. The van der Waals surface area contributed by atoms with E-state index in [9.17, 15) is 9.59 Å². The molecular formula is C24H22BrN3O3. The van der Waals surface area contributed by atoms with Gasteiger partial charge in [0, 0.05) is 21.3 Å². The van der Waals surface area contributed by atoms with Gasteiger partial charge in [-0.3, -0.25) is 9.59 Å². The van der Waals surface area contributed by atoms with Crippen molar-refractivity contribution in [1.29, 1.82) is 0 Å². The molecule has 3 rings (SSSR count). The van der Waals surface area contributed by atoms with Crippen LogP contribution in [0.25, 0.3) is 0 Å². The molecule has 0 saturated heterocycles. The highest BCUT2D eigenvalue weighted by atomic mass is 79.9. The van der Waals surface area contributed by atoms with Crippen molar-refractivity contribution in [3.63, 3.8) is 0 Å². The van der Waals surface area contributed by atoms with E-state index in [0.717, 1.165) is 21.3 Å². The quantitative estimate of drug-likeness (QED) is 0.375. The van der Waals surface area contributed by atoms with Gasteiger partial charge in [0.2, 0.25) is 0 Å². The van der Waals surface area contributed by atoms with Crippen molar-refractivity contribution in [2.45, 2.75) is 13.8 Å². The Morgan fingerprint density at radius 1 is 1.03 bits per heavy atom. The van der Waals surface area contributed by atoms with Gasteiger partial charge in [-0.15, -0.1) is 0 Å². The minimum Gasteiger partial charge on any atom is -0.483 e. The van der Waals surface area contributed by atoms with Gasteiger partial charge in [0.15, 0.2) is 6.61 Å². The normalized spacial score (nSPS) is 10.7. The third-order valence-corrected chi connectivity index (χ3v) is 4.95. The molecule has 0 heterocycles. The molecule has 0 aliphatic heterocycles. The molecule has 0 aliphatic rings. The van der Waals surface area contributed by atoms with Crippen LogP contribution in [-0.2, 0) is 4.79 Å². The molecule has 2 N–H and O–H groups in total. The lowest BCUT2D eigenvalue weighted by Gasteiger charge is -2.11. The molecule has 6 nitrogen and oxygen atoms in total. The number of para-hydroxylation sites is 1. The summed E-state index contributed by atoms with van der Waals surface area (Å²) in [6.45, 7) is 3.75. The number of halogens is 1. The predicted molar refractivity (Wildman–Crippen MR) is 126 cm³/mol. The highest BCUT2D eigenvalue weighted by Gasteiger charge is 2.08. The van der Waals surface area contributed by atoms with Crippen LogP contribution in [0.2, 0.25) is 0 Å². The van der Waals surface area contributed by atoms with Crippen LogP contribution in [0.4, 0.5) is 5.69 Å². The first-order chi connectivity index (χ1) is 14.9. The summed E-state index contributed by atoms with van der Waals surface area (Å²) < 4.78 is 6.56. The number of ether oxygens (including phenoxy) is 1. The van der Waals surface area contributed by atoms with Gasteiger partial charge >= 0.3 is 0 Å². The van der Waals surface area contributed by atoms with Gasteiger partial charge in [0.25, 0.3) is 11.8 Å². The molecule has 0 spiro atoms. The fourth-order valence-corrected chi connectivity index (χ4v) is 3.01. The maximum Gasteiger partial charge on any atom is 0.271 e. The third kappa shape index (κ3) is 6.52.